The van der Waals surface area contributed by atoms with Crippen molar-refractivity contribution in [2.24, 2.45) is 0 Å². The molecule has 0 unspecified atom stereocenters. The average molecular weight is 1010 g/mol. The number of rotatable bonds is 27. The van der Waals surface area contributed by atoms with Gasteiger partial charge >= 0.3 is 6.09 Å². The van der Waals surface area contributed by atoms with Crippen LogP contribution in [-0.2, 0) is 38.0 Å². The SMILES string of the molecule is CNc1ccc(/C=C/c2ccc(OCCOCCOCC[18F])nc2)cc1.C[18F].Cc1ccc(S(=O)(=O)OCCOCCOCCOc2ccc(/C=C/c3ccc(N(C)C(=O)OC(C)(C)C)cc3)cn2)cc1. The van der Waals surface area contributed by atoms with E-state index in [9.17, 15) is 22.0 Å². The Hall–Kier alpha value is -6.28. The fraction of sp³-hybridized carbons (Fsp3) is 0.377. The van der Waals surface area contributed by atoms with Crippen LogP contribution in [0.25, 0.3) is 24.3 Å². The van der Waals surface area contributed by atoms with E-state index in [-0.39, 0.29) is 24.7 Å². The number of aromatic nitrogens is 2. The van der Waals surface area contributed by atoms with E-state index < -0.39 is 28.5 Å². The predicted molar refractivity (Wildman–Crippen MR) is 275 cm³/mol. The fourth-order valence-electron chi connectivity index (χ4n) is 5.63. The summed E-state index contributed by atoms with van der Waals surface area (Å²) in [4.78, 5) is 22.4. The summed E-state index contributed by atoms with van der Waals surface area (Å²) in [6, 6.07) is 29.7. The molecule has 0 fully saturated rings. The van der Waals surface area contributed by atoms with E-state index in [0.29, 0.717) is 71.8 Å². The third-order valence-electron chi connectivity index (χ3n) is 9.30. The molecule has 1 amide bonds. The van der Waals surface area contributed by atoms with E-state index in [1.54, 1.807) is 37.6 Å². The monoisotopic (exact) mass is 1000 g/mol. The molecule has 71 heavy (non-hydrogen) atoms. The van der Waals surface area contributed by atoms with Gasteiger partial charge in [0.15, 0.2) is 0 Å². The standard InChI is InChI=1S/C32H40N2O8S.C20H25FN2O3.CH3F/c1-25-6-15-29(16-7-25)43(36,37)41-23-21-39-19-18-38-20-22-40-30-17-12-27(24-33-30)9-8-26-10-13-28(14-11-26)34(5)31(35)42-32(2,3)4;1-22-19-7-4-17(5-8-19)2-3-18-6-9-20(23-16-18)26-15-14-25-13-12-24-11-10-21;1-2/h6-17,24H,18-23H2,1-5H3;2-9,16,22H,10-15H2,1H3;1H3/b9-8+;3-2+;/i;21-1;2-1. The van der Waals surface area contributed by atoms with E-state index in [2.05, 4.69) is 27.4 Å². The number of alkyl halides is 2. The molecule has 0 bridgehead atoms. The lowest BCUT2D eigenvalue weighted by Gasteiger charge is -2.24. The number of nitrogens with zero attached hydrogens (tertiary/aromatic N) is 3. The Morgan fingerprint density at radius 3 is 1.46 bits per heavy atom. The van der Waals surface area contributed by atoms with Crippen LogP contribution in [0.4, 0.5) is 25.0 Å². The zero-order valence-electron chi connectivity index (χ0n) is 41.7. The van der Waals surface area contributed by atoms with Crippen LogP contribution in [0, 0.1) is 6.92 Å². The highest BCUT2D eigenvalue weighted by Gasteiger charge is 2.20. The first kappa shape index (κ1) is 59.0. The summed E-state index contributed by atoms with van der Waals surface area (Å²) in [6.45, 7) is 10.1. The molecule has 2 heterocycles. The summed E-state index contributed by atoms with van der Waals surface area (Å²) >= 11 is 0. The molecule has 2 aromatic heterocycles. The largest absolute Gasteiger partial charge is 0.475 e. The van der Waals surface area contributed by atoms with Crippen molar-refractivity contribution in [3.63, 3.8) is 0 Å². The van der Waals surface area contributed by atoms with Crippen molar-refractivity contribution in [1.29, 1.82) is 0 Å². The molecule has 0 saturated heterocycles. The van der Waals surface area contributed by atoms with Crippen LogP contribution < -0.4 is 19.7 Å². The maximum atomic E-state index is 12.2. The lowest BCUT2D eigenvalue weighted by atomic mass is 10.1. The van der Waals surface area contributed by atoms with E-state index in [1.165, 1.54) is 17.0 Å². The summed E-state index contributed by atoms with van der Waals surface area (Å²) < 4.78 is 88.2. The number of hydrogen-bond acceptors (Lipinski definition) is 14. The Morgan fingerprint density at radius 2 is 1.03 bits per heavy atom. The van der Waals surface area contributed by atoms with E-state index in [4.69, 9.17) is 37.3 Å². The smallest absolute Gasteiger partial charge is 0.414 e. The summed E-state index contributed by atoms with van der Waals surface area (Å²) in [6.07, 6.45) is 11.0. The quantitative estimate of drug-likeness (QED) is 0.0390. The molecule has 5 aromatic rings. The molecule has 386 valence electrons. The molecule has 0 saturated carbocycles. The second-order valence-electron chi connectivity index (χ2n) is 16.0. The molecular weight excluding hydrogens is 937 g/mol. The number of anilines is 2. The summed E-state index contributed by atoms with van der Waals surface area (Å²) in [5, 5.41) is 3.09. The lowest BCUT2D eigenvalue weighted by molar-refractivity contribution is 0.0275. The number of halogens is 2. The average Bonchev–Trinajstić information content (AvgIpc) is 3.37. The number of nitrogens with one attached hydrogen (secondary N) is 1. The molecule has 0 spiro atoms. The second kappa shape index (κ2) is 33.3. The van der Waals surface area contributed by atoms with Gasteiger partial charge in [-0.15, -0.1) is 0 Å². The summed E-state index contributed by atoms with van der Waals surface area (Å²) in [5.41, 5.74) is 6.24. The Bertz CT molecular complexity index is 2390. The van der Waals surface area contributed by atoms with Crippen LogP contribution in [0.2, 0.25) is 0 Å². The highest BCUT2D eigenvalue weighted by Crippen LogP contribution is 2.20. The number of carbonyl (C=O) groups is 1. The van der Waals surface area contributed by atoms with Crippen molar-refractivity contribution >= 4 is 51.9 Å². The van der Waals surface area contributed by atoms with Crippen molar-refractivity contribution in [3.8, 4) is 11.8 Å². The first-order chi connectivity index (χ1) is 34.2. The van der Waals surface area contributed by atoms with Crippen LogP contribution in [0.5, 0.6) is 11.8 Å². The number of hydrogen-bond donors (Lipinski definition) is 1. The second-order valence-corrected chi connectivity index (χ2v) is 17.6. The van der Waals surface area contributed by atoms with Gasteiger partial charge in [0.25, 0.3) is 10.1 Å². The van der Waals surface area contributed by atoms with Crippen LogP contribution in [0.3, 0.4) is 0 Å². The first-order valence-electron chi connectivity index (χ1n) is 22.8. The van der Waals surface area contributed by atoms with Crippen LogP contribution in [-0.4, -0.2) is 131 Å². The topological polar surface area (TPSA) is 166 Å². The molecule has 3 aromatic carbocycles. The Morgan fingerprint density at radius 1 is 0.606 bits per heavy atom. The van der Waals surface area contributed by atoms with E-state index in [0.717, 1.165) is 39.2 Å². The van der Waals surface area contributed by atoms with E-state index >= 15 is 0 Å². The van der Waals surface area contributed by atoms with Gasteiger partial charge in [0.2, 0.25) is 11.8 Å². The molecule has 5 rings (SSSR count). The number of amides is 1. The molecule has 0 radical (unpaired) electrons. The number of benzene rings is 3. The fourth-order valence-corrected chi connectivity index (χ4v) is 6.52. The molecule has 0 aliphatic carbocycles. The van der Waals surface area contributed by atoms with Gasteiger partial charge in [-0.2, -0.15) is 8.42 Å². The normalized spacial score (nSPS) is 11.3. The Labute approximate surface area is 417 Å². The molecule has 1 N–H and O–H groups in total. The minimum Gasteiger partial charge on any atom is -0.475 e. The van der Waals surface area contributed by atoms with Crippen LogP contribution in [0.15, 0.2) is 114 Å². The van der Waals surface area contributed by atoms with Crippen molar-refractivity contribution in [3.05, 3.63) is 137 Å². The van der Waals surface area contributed by atoms with Crippen molar-refractivity contribution < 1.29 is 59.3 Å². The van der Waals surface area contributed by atoms with Crippen LogP contribution in [0.1, 0.15) is 48.6 Å². The molecule has 0 aliphatic rings. The maximum Gasteiger partial charge on any atom is 0.414 e. The zero-order valence-corrected chi connectivity index (χ0v) is 42.5. The number of ether oxygens (including phenoxy) is 7. The van der Waals surface area contributed by atoms with Crippen molar-refractivity contribution in [2.45, 2.75) is 38.2 Å². The predicted octanol–water partition coefficient (Wildman–Crippen LogP) is 10.0. The van der Waals surface area contributed by atoms with Gasteiger partial charge in [0.05, 0.1) is 71.5 Å². The number of pyridine rings is 2. The van der Waals surface area contributed by atoms with Gasteiger partial charge in [0.1, 0.15) is 25.5 Å². The Kier molecular flexibility index (Phi) is 27.7. The van der Waals surface area contributed by atoms with Gasteiger partial charge in [-0.1, -0.05) is 66.3 Å². The van der Waals surface area contributed by atoms with Crippen molar-refractivity contribution in [1.82, 2.24) is 9.97 Å². The highest BCUT2D eigenvalue weighted by atomic mass is 32.2. The maximum absolute atomic E-state index is 12.2. The van der Waals surface area contributed by atoms with Gasteiger partial charge in [0, 0.05) is 50.0 Å². The first-order valence-corrected chi connectivity index (χ1v) is 24.2. The number of carbonyl (C=O) groups excluding carboxylic acids is 1. The summed E-state index contributed by atoms with van der Waals surface area (Å²) in [5.74, 6) is 1.04. The third kappa shape index (κ3) is 24.9. The highest BCUT2D eigenvalue weighted by molar-refractivity contribution is 7.86. The molecular formula is C53H68F2N4O11S. The lowest BCUT2D eigenvalue weighted by Crippen LogP contribution is -2.34. The third-order valence-corrected chi connectivity index (χ3v) is 10.6. The molecule has 18 heteroatoms. The number of aryl methyl sites for hydroxylation is 1. The van der Waals surface area contributed by atoms with Crippen molar-refractivity contribution in [2.75, 3.05) is 111 Å². The summed E-state index contributed by atoms with van der Waals surface area (Å²) in [7, 11) is 0.288. The van der Waals surface area contributed by atoms with Gasteiger partial charge in [-0.05, 0) is 98.5 Å². The van der Waals surface area contributed by atoms with Gasteiger partial charge in [-0.3, -0.25) is 13.5 Å². The van der Waals surface area contributed by atoms with Gasteiger partial charge in [-0.25, -0.2) is 19.2 Å². The molecule has 0 aliphatic heterocycles. The molecule has 15 nitrogen and oxygen atoms in total. The Balaban J connectivity index is 0.000000405. The molecule has 0 atom stereocenters. The minimum absolute atomic E-state index is 0.0735. The van der Waals surface area contributed by atoms with Gasteiger partial charge < -0.3 is 38.5 Å². The van der Waals surface area contributed by atoms with E-state index in [1.807, 2.05) is 114 Å². The zero-order chi connectivity index (χ0) is 51.7. The van der Waals surface area contributed by atoms with Crippen LogP contribution >= 0.6 is 0 Å². The minimum atomic E-state index is -3.79.